The van der Waals surface area contributed by atoms with Gasteiger partial charge in [0.2, 0.25) is 0 Å². The van der Waals surface area contributed by atoms with Crippen LogP contribution in [0, 0.1) is 11.6 Å². The number of rotatable bonds is 3. The molecule has 1 aliphatic rings. The number of aliphatic imine (C=N–C) groups is 1. The Morgan fingerprint density at radius 3 is 2.65 bits per heavy atom. The highest BCUT2D eigenvalue weighted by Gasteiger charge is 2.12. The van der Waals surface area contributed by atoms with Gasteiger partial charge in [-0.1, -0.05) is 6.07 Å². The molecule has 7 heteroatoms. The standard InChI is InChI=1S/C13H17F2N3S.HI/c14-11-2-1-10(12(15)9-11)3-4-17-13(16)18-5-7-19-8-6-18;/h1-2,9H,3-8H2,(H2,16,17);1H. The maximum atomic E-state index is 13.4. The predicted octanol–water partition coefficient (Wildman–Crippen LogP) is 2.49. The smallest absolute Gasteiger partial charge is 0.191 e. The molecule has 0 spiro atoms. The second-order valence-corrected chi connectivity index (χ2v) is 5.55. The van der Waals surface area contributed by atoms with Crippen molar-refractivity contribution in [2.24, 2.45) is 10.7 Å². The summed E-state index contributed by atoms with van der Waals surface area (Å²) < 4.78 is 26.1. The third-order valence-corrected chi connectivity index (χ3v) is 3.95. The molecule has 0 amide bonds. The molecule has 0 aliphatic carbocycles. The average Bonchev–Trinajstić information content (AvgIpc) is 2.42. The normalized spacial score (nSPS) is 15.9. The zero-order valence-corrected chi connectivity index (χ0v) is 14.2. The van der Waals surface area contributed by atoms with Crippen molar-refractivity contribution in [1.29, 1.82) is 0 Å². The molecule has 0 bridgehead atoms. The van der Waals surface area contributed by atoms with E-state index in [1.165, 1.54) is 12.1 Å². The Kier molecular flexibility index (Phi) is 7.57. The molecule has 20 heavy (non-hydrogen) atoms. The Balaban J connectivity index is 0.00000200. The lowest BCUT2D eigenvalue weighted by molar-refractivity contribution is 0.456. The fraction of sp³-hybridized carbons (Fsp3) is 0.462. The highest BCUT2D eigenvalue weighted by Crippen LogP contribution is 2.11. The molecule has 3 nitrogen and oxygen atoms in total. The molecule has 1 saturated heterocycles. The van der Waals surface area contributed by atoms with Gasteiger partial charge in [0.15, 0.2) is 5.96 Å². The highest BCUT2D eigenvalue weighted by atomic mass is 127. The third kappa shape index (κ3) is 5.08. The monoisotopic (exact) mass is 413 g/mol. The fourth-order valence-electron chi connectivity index (χ4n) is 1.91. The maximum absolute atomic E-state index is 13.4. The van der Waals surface area contributed by atoms with Gasteiger partial charge in [-0.15, -0.1) is 24.0 Å². The molecule has 1 heterocycles. The van der Waals surface area contributed by atoms with E-state index in [4.69, 9.17) is 5.73 Å². The van der Waals surface area contributed by atoms with Crippen LogP contribution in [0.4, 0.5) is 8.78 Å². The quantitative estimate of drug-likeness (QED) is 0.471. The van der Waals surface area contributed by atoms with E-state index in [1.807, 2.05) is 16.7 Å². The van der Waals surface area contributed by atoms with Gasteiger partial charge >= 0.3 is 0 Å². The average molecular weight is 413 g/mol. The maximum Gasteiger partial charge on any atom is 0.191 e. The Hall–Kier alpha value is -0.570. The van der Waals surface area contributed by atoms with Crippen LogP contribution < -0.4 is 5.73 Å². The minimum absolute atomic E-state index is 0. The summed E-state index contributed by atoms with van der Waals surface area (Å²) in [5.74, 6) is 1.55. The second kappa shape index (κ2) is 8.66. The number of nitrogens with two attached hydrogens (primary N) is 1. The highest BCUT2D eigenvalue weighted by molar-refractivity contribution is 14.0. The molecule has 0 atom stereocenters. The fourth-order valence-corrected chi connectivity index (χ4v) is 2.81. The van der Waals surface area contributed by atoms with Crippen molar-refractivity contribution in [3.63, 3.8) is 0 Å². The Morgan fingerprint density at radius 1 is 1.30 bits per heavy atom. The summed E-state index contributed by atoms with van der Waals surface area (Å²) in [6.45, 7) is 2.23. The molecule has 1 aromatic carbocycles. The van der Waals surface area contributed by atoms with Crippen molar-refractivity contribution >= 4 is 41.7 Å². The summed E-state index contributed by atoms with van der Waals surface area (Å²) in [5.41, 5.74) is 6.35. The molecular formula is C13H18F2IN3S. The SMILES string of the molecule is I.NC(=NCCc1ccc(F)cc1F)N1CCSCC1. The molecular weight excluding hydrogens is 395 g/mol. The van der Waals surface area contributed by atoms with Crippen LogP contribution in [0.15, 0.2) is 23.2 Å². The summed E-state index contributed by atoms with van der Waals surface area (Å²) in [6.07, 6.45) is 0.426. The van der Waals surface area contributed by atoms with Crippen LogP contribution >= 0.6 is 35.7 Å². The molecule has 0 aromatic heterocycles. The molecule has 2 N–H and O–H groups in total. The Morgan fingerprint density at radius 2 is 2.00 bits per heavy atom. The lowest BCUT2D eigenvalue weighted by Gasteiger charge is -2.27. The van der Waals surface area contributed by atoms with Gasteiger partial charge in [-0.3, -0.25) is 4.99 Å². The molecule has 0 unspecified atom stereocenters. The van der Waals surface area contributed by atoms with Gasteiger partial charge in [0.05, 0.1) is 0 Å². The van der Waals surface area contributed by atoms with Crippen LogP contribution in [0.25, 0.3) is 0 Å². The summed E-state index contributed by atoms with van der Waals surface area (Å²) in [7, 11) is 0. The molecule has 1 aromatic rings. The zero-order chi connectivity index (χ0) is 13.7. The first-order valence-electron chi connectivity index (χ1n) is 6.23. The minimum atomic E-state index is -0.560. The van der Waals surface area contributed by atoms with Gasteiger partial charge in [0.25, 0.3) is 0 Å². The predicted molar refractivity (Wildman–Crippen MR) is 90.9 cm³/mol. The number of halogens is 3. The molecule has 0 saturated carbocycles. The van der Waals surface area contributed by atoms with E-state index in [9.17, 15) is 8.78 Å². The molecule has 0 radical (unpaired) electrons. The van der Waals surface area contributed by atoms with Crippen molar-refractivity contribution < 1.29 is 8.78 Å². The van der Waals surface area contributed by atoms with Crippen molar-refractivity contribution in [3.8, 4) is 0 Å². The van der Waals surface area contributed by atoms with Crippen LogP contribution in [0.5, 0.6) is 0 Å². The van der Waals surface area contributed by atoms with E-state index < -0.39 is 11.6 Å². The van der Waals surface area contributed by atoms with Crippen molar-refractivity contribution in [2.45, 2.75) is 6.42 Å². The summed E-state index contributed by atoms with van der Waals surface area (Å²) >= 11 is 1.90. The lowest BCUT2D eigenvalue weighted by atomic mass is 10.1. The van der Waals surface area contributed by atoms with Crippen LogP contribution in [-0.4, -0.2) is 42.0 Å². The van der Waals surface area contributed by atoms with E-state index in [1.54, 1.807) is 0 Å². The topological polar surface area (TPSA) is 41.6 Å². The number of benzene rings is 1. The third-order valence-electron chi connectivity index (χ3n) is 3.01. The number of hydrogen-bond acceptors (Lipinski definition) is 2. The Bertz CT molecular complexity index is 465. The van der Waals surface area contributed by atoms with Crippen molar-refractivity contribution in [1.82, 2.24) is 4.90 Å². The lowest BCUT2D eigenvalue weighted by Crippen LogP contribution is -2.42. The zero-order valence-electron chi connectivity index (χ0n) is 11.0. The van der Waals surface area contributed by atoms with E-state index >= 15 is 0 Å². The first-order chi connectivity index (χ1) is 9.16. The van der Waals surface area contributed by atoms with Crippen molar-refractivity contribution in [2.75, 3.05) is 31.1 Å². The van der Waals surface area contributed by atoms with E-state index in [-0.39, 0.29) is 24.0 Å². The molecule has 1 aliphatic heterocycles. The first kappa shape index (κ1) is 17.5. The number of thioether (sulfide) groups is 1. The second-order valence-electron chi connectivity index (χ2n) is 4.33. The molecule has 112 valence electrons. The number of hydrogen-bond donors (Lipinski definition) is 1. The Labute approximate surface area is 139 Å². The van der Waals surface area contributed by atoms with Gasteiger partial charge in [-0.05, 0) is 18.1 Å². The van der Waals surface area contributed by atoms with E-state index in [0.717, 1.165) is 30.7 Å². The van der Waals surface area contributed by atoms with Crippen LogP contribution in [0.1, 0.15) is 5.56 Å². The first-order valence-corrected chi connectivity index (χ1v) is 7.39. The number of guanidine groups is 1. The van der Waals surface area contributed by atoms with Gasteiger partial charge < -0.3 is 10.6 Å². The summed E-state index contributed by atoms with van der Waals surface area (Å²) in [6, 6.07) is 3.60. The molecule has 2 rings (SSSR count). The minimum Gasteiger partial charge on any atom is -0.370 e. The van der Waals surface area contributed by atoms with Crippen LogP contribution in [0.3, 0.4) is 0 Å². The molecule has 1 fully saturated rings. The van der Waals surface area contributed by atoms with E-state index in [2.05, 4.69) is 4.99 Å². The van der Waals surface area contributed by atoms with Crippen LogP contribution in [0.2, 0.25) is 0 Å². The van der Waals surface area contributed by atoms with Crippen LogP contribution in [-0.2, 0) is 6.42 Å². The van der Waals surface area contributed by atoms with Gasteiger partial charge in [-0.2, -0.15) is 11.8 Å². The summed E-state index contributed by atoms with van der Waals surface area (Å²) in [4.78, 5) is 6.30. The van der Waals surface area contributed by atoms with E-state index in [0.29, 0.717) is 24.5 Å². The van der Waals surface area contributed by atoms with Gasteiger partial charge in [0, 0.05) is 37.2 Å². The number of nitrogens with zero attached hydrogens (tertiary/aromatic N) is 2. The van der Waals surface area contributed by atoms with Gasteiger partial charge in [-0.25, -0.2) is 8.78 Å². The van der Waals surface area contributed by atoms with Crippen molar-refractivity contribution in [3.05, 3.63) is 35.4 Å². The summed E-state index contributed by atoms with van der Waals surface area (Å²) in [5, 5.41) is 0. The van der Waals surface area contributed by atoms with Gasteiger partial charge in [0.1, 0.15) is 11.6 Å². The largest absolute Gasteiger partial charge is 0.370 e.